The summed E-state index contributed by atoms with van der Waals surface area (Å²) in [5, 5.41) is 6.34. The highest BCUT2D eigenvalue weighted by atomic mass is 32.1. The highest BCUT2D eigenvalue weighted by molar-refractivity contribution is 7.26. The summed E-state index contributed by atoms with van der Waals surface area (Å²) in [6.45, 7) is 0. The normalized spacial score (nSPS) is 11.5. The highest BCUT2D eigenvalue weighted by Gasteiger charge is 2.18. The molecule has 0 unspecified atom stereocenters. The lowest BCUT2D eigenvalue weighted by Crippen LogP contribution is -2.10. The molecule has 0 radical (unpaired) electrons. The Bertz CT molecular complexity index is 2890. The lowest BCUT2D eigenvalue weighted by Gasteiger charge is -2.26. The second-order valence-corrected chi connectivity index (χ2v) is 14.3. The largest absolute Gasteiger partial charge is 0.310 e. The number of para-hydroxylation sites is 1. The van der Waals surface area contributed by atoms with Gasteiger partial charge in [0.05, 0.1) is 11.2 Å². The van der Waals surface area contributed by atoms with Crippen LogP contribution >= 0.6 is 11.3 Å². The maximum absolute atomic E-state index is 5.17. The monoisotopic (exact) mass is 680 g/mol. The van der Waals surface area contributed by atoms with Gasteiger partial charge in [-0.1, -0.05) is 140 Å². The summed E-state index contributed by atoms with van der Waals surface area (Å²) in [6.07, 6.45) is 0. The molecule has 52 heavy (non-hydrogen) atoms. The Hall–Kier alpha value is -6.55. The van der Waals surface area contributed by atoms with Crippen molar-refractivity contribution in [1.82, 2.24) is 4.98 Å². The topological polar surface area (TPSA) is 16.1 Å². The number of hydrogen-bond donors (Lipinski definition) is 0. The molecule has 0 fully saturated rings. The van der Waals surface area contributed by atoms with Crippen molar-refractivity contribution in [2.24, 2.45) is 0 Å². The van der Waals surface area contributed by atoms with Crippen LogP contribution in [0.1, 0.15) is 0 Å². The average molecular weight is 681 g/mol. The highest BCUT2D eigenvalue weighted by Crippen LogP contribution is 2.44. The Labute approximate surface area is 306 Å². The minimum Gasteiger partial charge on any atom is -0.310 e. The summed E-state index contributed by atoms with van der Waals surface area (Å²) in [6, 6.07) is 69.8. The Morgan fingerprint density at radius 1 is 0.385 bits per heavy atom. The van der Waals surface area contributed by atoms with Gasteiger partial charge < -0.3 is 4.90 Å². The van der Waals surface area contributed by atoms with Crippen molar-refractivity contribution in [3.05, 3.63) is 194 Å². The van der Waals surface area contributed by atoms with E-state index >= 15 is 0 Å². The van der Waals surface area contributed by atoms with Crippen molar-refractivity contribution >= 4 is 70.2 Å². The molecule has 0 aliphatic rings. The van der Waals surface area contributed by atoms with Crippen molar-refractivity contribution in [1.29, 1.82) is 0 Å². The van der Waals surface area contributed by atoms with Gasteiger partial charge in [-0.05, 0) is 82.1 Å². The van der Waals surface area contributed by atoms with Crippen LogP contribution < -0.4 is 4.90 Å². The van der Waals surface area contributed by atoms with Gasteiger partial charge in [0, 0.05) is 53.7 Å². The number of benzene rings is 8. The fraction of sp³-hybridized carbons (Fsp3) is 0. The van der Waals surface area contributed by atoms with E-state index in [9.17, 15) is 0 Å². The standard InChI is InChI=1S/C49H32N2S/c1-3-12-33(13-4-1)37-18-11-19-40(30-37)51(41-27-28-43-47(32-41)52-46-29-24-34-14-7-9-20-42(34)48(43)46)39-25-22-35(23-26-39)44-31-38-17-8-10-21-45(38)50-49(44)36-15-5-2-6-16-36/h1-32H. The molecule has 0 saturated carbocycles. The molecular weight excluding hydrogens is 649 g/mol. The van der Waals surface area contributed by atoms with E-state index in [1.165, 1.54) is 42.1 Å². The SMILES string of the molecule is c1ccc(-c2cccc(N(c3ccc(-c4cc5ccccc5nc4-c4ccccc4)cc3)c3ccc4c(c3)sc3ccc5ccccc5c34)c2)cc1. The number of hydrogen-bond acceptors (Lipinski definition) is 3. The fourth-order valence-electron chi connectivity index (χ4n) is 7.52. The number of thiophene rings is 1. The van der Waals surface area contributed by atoms with Crippen molar-refractivity contribution in [2.75, 3.05) is 4.90 Å². The summed E-state index contributed by atoms with van der Waals surface area (Å²) >= 11 is 1.86. The quantitative estimate of drug-likeness (QED) is 0.174. The van der Waals surface area contributed by atoms with Crippen LogP contribution in [0.2, 0.25) is 0 Å². The zero-order valence-corrected chi connectivity index (χ0v) is 29.1. The maximum Gasteiger partial charge on any atom is 0.0788 e. The van der Waals surface area contributed by atoms with Crippen LogP contribution in [0.4, 0.5) is 17.1 Å². The predicted molar refractivity (Wildman–Crippen MR) is 223 cm³/mol. The van der Waals surface area contributed by atoms with Gasteiger partial charge in [0.1, 0.15) is 0 Å². The third kappa shape index (κ3) is 5.31. The zero-order valence-electron chi connectivity index (χ0n) is 28.3. The molecule has 0 aliphatic carbocycles. The van der Waals surface area contributed by atoms with Crippen LogP contribution in [0.15, 0.2) is 194 Å². The first-order chi connectivity index (χ1) is 25.8. The van der Waals surface area contributed by atoms with Crippen molar-refractivity contribution in [3.63, 3.8) is 0 Å². The van der Waals surface area contributed by atoms with Gasteiger partial charge in [-0.25, -0.2) is 4.98 Å². The van der Waals surface area contributed by atoms with Crippen LogP contribution in [-0.4, -0.2) is 4.98 Å². The fourth-order valence-corrected chi connectivity index (χ4v) is 8.67. The molecule has 2 nitrogen and oxygen atoms in total. The molecule has 0 bridgehead atoms. The lowest BCUT2D eigenvalue weighted by molar-refractivity contribution is 1.29. The average Bonchev–Trinajstić information content (AvgIpc) is 3.60. The molecule has 244 valence electrons. The van der Waals surface area contributed by atoms with Gasteiger partial charge in [-0.2, -0.15) is 0 Å². The molecule has 0 spiro atoms. The third-order valence-corrected chi connectivity index (χ3v) is 11.1. The lowest BCUT2D eigenvalue weighted by atomic mass is 9.97. The van der Waals surface area contributed by atoms with Crippen LogP contribution in [0, 0.1) is 0 Å². The Morgan fingerprint density at radius 2 is 1.06 bits per heavy atom. The van der Waals surface area contributed by atoms with E-state index in [1.807, 2.05) is 11.3 Å². The van der Waals surface area contributed by atoms with Crippen molar-refractivity contribution in [3.8, 4) is 33.5 Å². The molecule has 3 heteroatoms. The minimum atomic E-state index is 0.988. The van der Waals surface area contributed by atoms with Gasteiger partial charge in [-0.3, -0.25) is 0 Å². The van der Waals surface area contributed by atoms with Crippen molar-refractivity contribution < 1.29 is 0 Å². The molecule has 2 aromatic heterocycles. The van der Waals surface area contributed by atoms with Gasteiger partial charge >= 0.3 is 0 Å². The number of rotatable bonds is 6. The van der Waals surface area contributed by atoms with Crippen LogP contribution in [0.25, 0.3) is 75.4 Å². The number of fused-ring (bicyclic) bond motifs is 6. The molecule has 0 atom stereocenters. The third-order valence-electron chi connectivity index (χ3n) is 10.0. The summed E-state index contributed by atoms with van der Waals surface area (Å²) in [7, 11) is 0. The second-order valence-electron chi connectivity index (χ2n) is 13.2. The summed E-state index contributed by atoms with van der Waals surface area (Å²) in [4.78, 5) is 7.55. The van der Waals surface area contributed by atoms with E-state index in [0.29, 0.717) is 0 Å². The van der Waals surface area contributed by atoms with Gasteiger partial charge in [0.25, 0.3) is 0 Å². The number of aromatic nitrogens is 1. The summed E-state index contributed by atoms with van der Waals surface area (Å²) in [5.41, 5.74) is 11.0. The van der Waals surface area contributed by atoms with Crippen LogP contribution in [0.3, 0.4) is 0 Å². The van der Waals surface area contributed by atoms with E-state index in [0.717, 1.165) is 50.3 Å². The Kier molecular flexibility index (Phi) is 7.37. The van der Waals surface area contributed by atoms with Crippen molar-refractivity contribution in [2.45, 2.75) is 0 Å². The molecule has 0 amide bonds. The van der Waals surface area contributed by atoms with E-state index in [2.05, 4.69) is 199 Å². The molecule has 8 aromatic carbocycles. The Balaban J connectivity index is 1.13. The molecule has 10 rings (SSSR count). The second kappa shape index (κ2) is 12.6. The van der Waals surface area contributed by atoms with E-state index < -0.39 is 0 Å². The molecule has 2 heterocycles. The van der Waals surface area contributed by atoms with Gasteiger partial charge in [-0.15, -0.1) is 11.3 Å². The van der Waals surface area contributed by atoms with Crippen LogP contribution in [0.5, 0.6) is 0 Å². The molecule has 0 N–H and O–H groups in total. The number of nitrogens with zero attached hydrogens (tertiary/aromatic N) is 2. The first-order valence-electron chi connectivity index (χ1n) is 17.6. The minimum absolute atomic E-state index is 0.988. The van der Waals surface area contributed by atoms with E-state index in [1.54, 1.807) is 0 Å². The first-order valence-corrected chi connectivity index (χ1v) is 18.4. The Morgan fingerprint density at radius 3 is 1.88 bits per heavy atom. The summed E-state index contributed by atoms with van der Waals surface area (Å²) in [5.74, 6) is 0. The van der Waals surface area contributed by atoms with E-state index in [4.69, 9.17) is 4.98 Å². The van der Waals surface area contributed by atoms with Crippen LogP contribution in [-0.2, 0) is 0 Å². The number of pyridine rings is 1. The molecule has 10 aromatic rings. The van der Waals surface area contributed by atoms with E-state index in [-0.39, 0.29) is 0 Å². The molecule has 0 aliphatic heterocycles. The van der Waals surface area contributed by atoms with Gasteiger partial charge in [0.2, 0.25) is 0 Å². The molecule has 0 saturated heterocycles. The molecular formula is C49H32N2S. The first kappa shape index (κ1) is 30.3. The predicted octanol–water partition coefficient (Wildman–Crippen LogP) is 14.2. The summed E-state index contributed by atoms with van der Waals surface area (Å²) < 4.78 is 2.59. The zero-order chi connectivity index (χ0) is 34.4. The smallest absolute Gasteiger partial charge is 0.0788 e. The maximum atomic E-state index is 5.17. The van der Waals surface area contributed by atoms with Gasteiger partial charge in [0.15, 0.2) is 0 Å². The number of anilines is 3.